The SMILES string of the molecule is O=C(COc1ccccc1-c1ccccc1)Nc1ccc2c(c1)NC(=O)CO2. The molecule has 6 nitrogen and oxygen atoms in total. The first-order valence-corrected chi connectivity index (χ1v) is 8.83. The first-order valence-electron chi connectivity index (χ1n) is 8.83. The second-order valence-electron chi connectivity index (χ2n) is 6.25. The Morgan fingerprint density at radius 2 is 1.82 bits per heavy atom. The van der Waals surface area contributed by atoms with Crippen molar-refractivity contribution in [3.8, 4) is 22.6 Å². The highest BCUT2D eigenvalue weighted by atomic mass is 16.5. The Labute approximate surface area is 162 Å². The van der Waals surface area contributed by atoms with E-state index in [9.17, 15) is 9.59 Å². The molecule has 2 amide bonds. The molecule has 0 aromatic heterocycles. The van der Waals surface area contributed by atoms with Crippen molar-refractivity contribution in [1.82, 2.24) is 0 Å². The molecular formula is C22H18N2O4. The number of para-hydroxylation sites is 1. The van der Waals surface area contributed by atoms with Crippen LogP contribution in [-0.2, 0) is 9.59 Å². The lowest BCUT2D eigenvalue weighted by molar-refractivity contribution is -0.119. The number of ether oxygens (including phenoxy) is 2. The summed E-state index contributed by atoms with van der Waals surface area (Å²) in [5.74, 6) is 0.684. The number of benzene rings is 3. The second-order valence-corrected chi connectivity index (χ2v) is 6.25. The van der Waals surface area contributed by atoms with Crippen LogP contribution in [0.25, 0.3) is 11.1 Å². The van der Waals surface area contributed by atoms with Crippen LogP contribution in [0.2, 0.25) is 0 Å². The first-order chi connectivity index (χ1) is 13.7. The fourth-order valence-corrected chi connectivity index (χ4v) is 2.95. The van der Waals surface area contributed by atoms with Crippen molar-refractivity contribution in [2.75, 3.05) is 23.8 Å². The molecule has 0 fully saturated rings. The van der Waals surface area contributed by atoms with E-state index < -0.39 is 0 Å². The van der Waals surface area contributed by atoms with Gasteiger partial charge in [-0.1, -0.05) is 48.5 Å². The summed E-state index contributed by atoms with van der Waals surface area (Å²) in [6.07, 6.45) is 0. The molecule has 2 N–H and O–H groups in total. The highest BCUT2D eigenvalue weighted by Gasteiger charge is 2.16. The third-order valence-corrected chi connectivity index (χ3v) is 4.23. The number of hydrogen-bond donors (Lipinski definition) is 2. The van der Waals surface area contributed by atoms with Gasteiger partial charge < -0.3 is 20.1 Å². The molecule has 0 aliphatic carbocycles. The standard InChI is InChI=1S/C22H18N2O4/c25-21(23-16-10-11-20-18(12-16)24-22(26)14-28-20)13-27-19-9-5-4-8-17(19)15-6-2-1-3-7-15/h1-12H,13-14H2,(H,23,25)(H,24,26). The van der Waals surface area contributed by atoms with Gasteiger partial charge in [-0.2, -0.15) is 0 Å². The van der Waals surface area contributed by atoms with Gasteiger partial charge in [0.2, 0.25) is 0 Å². The van der Waals surface area contributed by atoms with Gasteiger partial charge in [0.15, 0.2) is 13.2 Å². The number of nitrogens with one attached hydrogen (secondary N) is 2. The molecular weight excluding hydrogens is 356 g/mol. The van der Waals surface area contributed by atoms with Crippen LogP contribution >= 0.6 is 0 Å². The average Bonchev–Trinajstić information content (AvgIpc) is 2.73. The van der Waals surface area contributed by atoms with Gasteiger partial charge in [-0.3, -0.25) is 9.59 Å². The van der Waals surface area contributed by atoms with Crippen LogP contribution in [0.15, 0.2) is 72.8 Å². The lowest BCUT2D eigenvalue weighted by Crippen LogP contribution is -2.25. The van der Waals surface area contributed by atoms with Crippen molar-refractivity contribution in [3.05, 3.63) is 72.8 Å². The molecule has 28 heavy (non-hydrogen) atoms. The zero-order chi connectivity index (χ0) is 19.3. The molecule has 1 aliphatic heterocycles. The maximum absolute atomic E-state index is 12.3. The molecule has 3 aromatic carbocycles. The number of anilines is 2. The summed E-state index contributed by atoms with van der Waals surface area (Å²) in [6.45, 7) is -0.142. The number of carbonyl (C=O) groups is 2. The van der Waals surface area contributed by atoms with Crippen LogP contribution in [0, 0.1) is 0 Å². The Morgan fingerprint density at radius 1 is 1.04 bits per heavy atom. The summed E-state index contributed by atoms with van der Waals surface area (Å²) < 4.78 is 11.1. The molecule has 6 heteroatoms. The van der Waals surface area contributed by atoms with E-state index in [-0.39, 0.29) is 25.0 Å². The highest BCUT2D eigenvalue weighted by molar-refractivity contribution is 5.97. The summed E-state index contributed by atoms with van der Waals surface area (Å²) in [4.78, 5) is 23.7. The van der Waals surface area contributed by atoms with Crippen molar-refractivity contribution in [1.29, 1.82) is 0 Å². The van der Waals surface area contributed by atoms with Crippen molar-refractivity contribution >= 4 is 23.2 Å². The quantitative estimate of drug-likeness (QED) is 0.714. The second kappa shape index (κ2) is 7.84. The predicted molar refractivity (Wildman–Crippen MR) is 107 cm³/mol. The number of rotatable bonds is 5. The maximum Gasteiger partial charge on any atom is 0.262 e. The molecule has 0 bridgehead atoms. The molecule has 0 unspecified atom stereocenters. The lowest BCUT2D eigenvalue weighted by Gasteiger charge is -2.18. The number of hydrogen-bond acceptors (Lipinski definition) is 4. The maximum atomic E-state index is 12.3. The zero-order valence-corrected chi connectivity index (χ0v) is 15.0. The monoisotopic (exact) mass is 374 g/mol. The third kappa shape index (κ3) is 3.96. The van der Waals surface area contributed by atoms with E-state index in [1.165, 1.54) is 0 Å². The lowest BCUT2D eigenvalue weighted by atomic mass is 10.1. The molecule has 1 aliphatic rings. The van der Waals surface area contributed by atoms with E-state index in [1.807, 2.05) is 54.6 Å². The Bertz CT molecular complexity index is 1020. The van der Waals surface area contributed by atoms with Crippen molar-refractivity contribution < 1.29 is 19.1 Å². The van der Waals surface area contributed by atoms with E-state index in [4.69, 9.17) is 9.47 Å². The summed E-state index contributed by atoms with van der Waals surface area (Å²) in [6, 6.07) is 22.5. The Balaban J connectivity index is 1.42. The van der Waals surface area contributed by atoms with E-state index in [0.717, 1.165) is 11.1 Å². The minimum Gasteiger partial charge on any atom is -0.483 e. The van der Waals surface area contributed by atoms with Gasteiger partial charge in [0.1, 0.15) is 11.5 Å². The topological polar surface area (TPSA) is 76.7 Å². The Morgan fingerprint density at radius 3 is 2.68 bits per heavy atom. The molecule has 0 saturated carbocycles. The molecule has 140 valence electrons. The number of fused-ring (bicyclic) bond motifs is 1. The molecule has 0 atom stereocenters. The van der Waals surface area contributed by atoms with Crippen LogP contribution in [0.4, 0.5) is 11.4 Å². The van der Waals surface area contributed by atoms with Crippen LogP contribution in [0.3, 0.4) is 0 Å². The summed E-state index contributed by atoms with van der Waals surface area (Å²) in [5.41, 5.74) is 3.02. The Kier molecular flexibility index (Phi) is 4.93. The van der Waals surface area contributed by atoms with Crippen molar-refractivity contribution in [2.45, 2.75) is 0 Å². The van der Waals surface area contributed by atoms with E-state index in [1.54, 1.807) is 18.2 Å². The predicted octanol–water partition coefficient (Wildman–Crippen LogP) is 3.70. The van der Waals surface area contributed by atoms with Gasteiger partial charge in [0, 0.05) is 11.3 Å². The fraction of sp³-hybridized carbons (Fsp3) is 0.0909. The zero-order valence-electron chi connectivity index (χ0n) is 15.0. The molecule has 0 spiro atoms. The van der Waals surface area contributed by atoms with Gasteiger partial charge in [-0.25, -0.2) is 0 Å². The number of carbonyl (C=O) groups excluding carboxylic acids is 2. The van der Waals surface area contributed by atoms with Gasteiger partial charge in [-0.15, -0.1) is 0 Å². The highest BCUT2D eigenvalue weighted by Crippen LogP contribution is 2.31. The largest absolute Gasteiger partial charge is 0.483 e. The van der Waals surface area contributed by atoms with Crippen LogP contribution < -0.4 is 20.1 Å². The van der Waals surface area contributed by atoms with Crippen molar-refractivity contribution in [2.24, 2.45) is 0 Å². The van der Waals surface area contributed by atoms with E-state index in [0.29, 0.717) is 22.9 Å². The minimum absolute atomic E-state index is 0.00658. The van der Waals surface area contributed by atoms with Gasteiger partial charge >= 0.3 is 0 Å². The van der Waals surface area contributed by atoms with Crippen LogP contribution in [0.5, 0.6) is 11.5 Å². The molecule has 3 aromatic rings. The summed E-state index contributed by atoms with van der Waals surface area (Å²) in [5, 5.41) is 5.48. The fourth-order valence-electron chi connectivity index (χ4n) is 2.95. The van der Waals surface area contributed by atoms with Crippen LogP contribution in [0.1, 0.15) is 0 Å². The van der Waals surface area contributed by atoms with Gasteiger partial charge in [0.05, 0.1) is 5.69 Å². The molecule has 1 heterocycles. The van der Waals surface area contributed by atoms with Gasteiger partial charge in [-0.05, 0) is 29.8 Å². The van der Waals surface area contributed by atoms with Crippen molar-refractivity contribution in [3.63, 3.8) is 0 Å². The van der Waals surface area contributed by atoms with E-state index in [2.05, 4.69) is 10.6 Å². The summed E-state index contributed by atoms with van der Waals surface area (Å²) >= 11 is 0. The third-order valence-electron chi connectivity index (χ3n) is 4.23. The number of amides is 2. The Hall–Kier alpha value is -3.80. The van der Waals surface area contributed by atoms with Gasteiger partial charge in [0.25, 0.3) is 11.8 Å². The normalized spacial score (nSPS) is 12.4. The molecule has 4 rings (SSSR count). The summed E-state index contributed by atoms with van der Waals surface area (Å²) in [7, 11) is 0. The van der Waals surface area contributed by atoms with E-state index >= 15 is 0 Å². The first kappa shape index (κ1) is 17.6. The minimum atomic E-state index is -0.300. The average molecular weight is 374 g/mol. The molecule has 0 radical (unpaired) electrons. The smallest absolute Gasteiger partial charge is 0.262 e. The molecule has 0 saturated heterocycles. The van der Waals surface area contributed by atoms with Crippen LogP contribution in [-0.4, -0.2) is 25.0 Å².